The molecule has 2 rings (SSSR count). The van der Waals surface area contributed by atoms with Crippen molar-refractivity contribution in [3.63, 3.8) is 0 Å². The number of thioether (sulfide) groups is 1. The van der Waals surface area contributed by atoms with E-state index in [0.29, 0.717) is 12.2 Å². The van der Waals surface area contributed by atoms with Gasteiger partial charge in [0.2, 0.25) is 10.0 Å². The molecule has 1 aromatic carbocycles. The summed E-state index contributed by atoms with van der Waals surface area (Å²) in [6.07, 6.45) is 0.685. The van der Waals surface area contributed by atoms with E-state index in [1.165, 1.54) is 0 Å². The predicted octanol–water partition coefficient (Wildman–Crippen LogP) is 1.31. The number of carboxylic acid groups (broad SMARTS) is 1. The van der Waals surface area contributed by atoms with Gasteiger partial charge in [0.05, 0.1) is 5.56 Å². The van der Waals surface area contributed by atoms with Crippen molar-refractivity contribution in [1.29, 1.82) is 0 Å². The lowest BCUT2D eigenvalue weighted by Crippen LogP contribution is -2.35. The van der Waals surface area contributed by atoms with Gasteiger partial charge in [-0.05, 0) is 30.4 Å². The summed E-state index contributed by atoms with van der Waals surface area (Å²) >= 11 is 1.62. The van der Waals surface area contributed by atoms with Crippen LogP contribution in [0.3, 0.4) is 0 Å². The first kappa shape index (κ1) is 14.3. The van der Waals surface area contributed by atoms with Crippen LogP contribution in [0.2, 0.25) is 0 Å². The molecule has 19 heavy (non-hydrogen) atoms. The molecular weight excluding hydrogens is 293 g/mol. The van der Waals surface area contributed by atoms with Crippen molar-refractivity contribution in [2.45, 2.75) is 17.4 Å². The van der Waals surface area contributed by atoms with Crippen molar-refractivity contribution in [1.82, 2.24) is 4.72 Å². The SMILES string of the molecule is O=C(O)c1ccc(F)c(S(=O)(=O)NC2CCSC2)c1. The van der Waals surface area contributed by atoms with E-state index in [2.05, 4.69) is 4.72 Å². The fourth-order valence-corrected chi connectivity index (χ4v) is 4.38. The van der Waals surface area contributed by atoms with E-state index >= 15 is 0 Å². The average Bonchev–Trinajstić information content (AvgIpc) is 2.81. The van der Waals surface area contributed by atoms with Crippen LogP contribution in [-0.2, 0) is 10.0 Å². The number of carboxylic acids is 1. The van der Waals surface area contributed by atoms with Crippen LogP contribution in [0, 0.1) is 5.82 Å². The average molecular weight is 305 g/mol. The minimum absolute atomic E-state index is 0.233. The van der Waals surface area contributed by atoms with Gasteiger partial charge in [0.15, 0.2) is 0 Å². The first-order valence-electron chi connectivity index (χ1n) is 5.53. The summed E-state index contributed by atoms with van der Waals surface area (Å²) in [7, 11) is -4.03. The van der Waals surface area contributed by atoms with E-state index in [1.54, 1.807) is 11.8 Å². The monoisotopic (exact) mass is 305 g/mol. The zero-order chi connectivity index (χ0) is 14.0. The molecule has 0 spiro atoms. The Labute approximate surface area is 114 Å². The third kappa shape index (κ3) is 3.26. The van der Waals surface area contributed by atoms with Crippen LogP contribution in [0.4, 0.5) is 4.39 Å². The van der Waals surface area contributed by atoms with Crippen LogP contribution in [-0.4, -0.2) is 37.0 Å². The molecule has 2 N–H and O–H groups in total. The number of nitrogens with one attached hydrogen (secondary N) is 1. The lowest BCUT2D eigenvalue weighted by atomic mass is 10.2. The summed E-state index contributed by atoms with van der Waals surface area (Å²) in [4.78, 5) is 10.2. The third-order valence-corrected chi connectivity index (χ3v) is 5.42. The molecule has 5 nitrogen and oxygen atoms in total. The third-order valence-electron chi connectivity index (χ3n) is 2.72. The van der Waals surface area contributed by atoms with Crippen LogP contribution < -0.4 is 4.72 Å². The van der Waals surface area contributed by atoms with Gasteiger partial charge in [-0.2, -0.15) is 11.8 Å². The normalized spacial score (nSPS) is 19.5. The summed E-state index contributed by atoms with van der Waals surface area (Å²) in [5.41, 5.74) is -0.262. The van der Waals surface area contributed by atoms with Gasteiger partial charge in [-0.15, -0.1) is 0 Å². The van der Waals surface area contributed by atoms with E-state index in [1.807, 2.05) is 0 Å². The van der Waals surface area contributed by atoms with Crippen LogP contribution >= 0.6 is 11.8 Å². The van der Waals surface area contributed by atoms with Crippen molar-refractivity contribution in [3.05, 3.63) is 29.6 Å². The number of rotatable bonds is 4. The second kappa shape index (κ2) is 5.48. The lowest BCUT2D eigenvalue weighted by molar-refractivity contribution is 0.0696. The number of halogens is 1. The minimum atomic E-state index is -4.03. The Morgan fingerprint density at radius 3 is 2.79 bits per heavy atom. The first-order valence-corrected chi connectivity index (χ1v) is 8.17. The van der Waals surface area contributed by atoms with Crippen molar-refractivity contribution in [2.24, 2.45) is 0 Å². The summed E-state index contributed by atoms with van der Waals surface area (Å²) in [5, 5.41) is 8.81. The maximum atomic E-state index is 13.6. The molecule has 1 heterocycles. The molecule has 1 aliphatic rings. The van der Waals surface area contributed by atoms with Gasteiger partial charge in [-0.1, -0.05) is 0 Å². The molecule has 0 aromatic heterocycles. The van der Waals surface area contributed by atoms with E-state index in [4.69, 9.17) is 5.11 Å². The number of carbonyl (C=O) groups is 1. The van der Waals surface area contributed by atoms with Crippen molar-refractivity contribution in [2.75, 3.05) is 11.5 Å². The van der Waals surface area contributed by atoms with Crippen LogP contribution in [0.15, 0.2) is 23.1 Å². The Balaban J connectivity index is 2.33. The number of sulfonamides is 1. The predicted molar refractivity (Wildman–Crippen MR) is 69.4 cm³/mol. The fraction of sp³-hybridized carbons (Fsp3) is 0.364. The van der Waals surface area contributed by atoms with Crippen LogP contribution in [0.1, 0.15) is 16.8 Å². The minimum Gasteiger partial charge on any atom is -0.478 e. The number of hydrogen-bond acceptors (Lipinski definition) is 4. The molecule has 1 unspecified atom stereocenters. The summed E-state index contributed by atoms with van der Waals surface area (Å²) in [6.45, 7) is 0. The highest BCUT2D eigenvalue weighted by Crippen LogP contribution is 2.21. The second-order valence-corrected chi connectivity index (χ2v) is 6.96. The molecule has 1 aromatic rings. The fourth-order valence-electron chi connectivity index (χ4n) is 1.75. The molecule has 8 heteroatoms. The zero-order valence-electron chi connectivity index (χ0n) is 9.80. The molecule has 1 aliphatic heterocycles. The van der Waals surface area contributed by atoms with Crippen molar-refractivity contribution < 1.29 is 22.7 Å². The highest BCUT2D eigenvalue weighted by Gasteiger charge is 2.26. The number of benzene rings is 1. The van der Waals surface area contributed by atoms with Crippen LogP contribution in [0.25, 0.3) is 0 Å². The molecule has 1 saturated heterocycles. The standard InChI is InChI=1S/C11H12FNO4S2/c12-9-2-1-7(11(14)15)5-10(9)19(16,17)13-8-3-4-18-6-8/h1-2,5,8,13H,3-4,6H2,(H,14,15). The Morgan fingerprint density at radius 2 is 2.21 bits per heavy atom. The zero-order valence-corrected chi connectivity index (χ0v) is 11.4. The van der Waals surface area contributed by atoms with Gasteiger partial charge in [0.25, 0.3) is 0 Å². The Bertz CT molecular complexity index is 597. The number of hydrogen-bond donors (Lipinski definition) is 2. The van der Waals surface area contributed by atoms with Gasteiger partial charge in [0.1, 0.15) is 10.7 Å². The Kier molecular flexibility index (Phi) is 4.12. The van der Waals surface area contributed by atoms with Gasteiger partial charge in [-0.25, -0.2) is 22.3 Å². The lowest BCUT2D eigenvalue weighted by Gasteiger charge is -2.12. The topological polar surface area (TPSA) is 83.5 Å². The first-order chi connectivity index (χ1) is 8.90. The maximum Gasteiger partial charge on any atom is 0.335 e. The van der Waals surface area contributed by atoms with E-state index in [9.17, 15) is 17.6 Å². The Morgan fingerprint density at radius 1 is 1.47 bits per heavy atom. The quantitative estimate of drug-likeness (QED) is 0.876. The molecule has 104 valence electrons. The molecule has 1 fully saturated rings. The van der Waals surface area contributed by atoms with E-state index < -0.39 is 26.7 Å². The molecular formula is C11H12FNO4S2. The Hall–Kier alpha value is -1.12. The van der Waals surface area contributed by atoms with Gasteiger partial charge in [0, 0.05) is 11.8 Å². The largest absolute Gasteiger partial charge is 0.478 e. The van der Waals surface area contributed by atoms with Gasteiger partial charge < -0.3 is 5.11 Å². The van der Waals surface area contributed by atoms with Crippen LogP contribution in [0.5, 0.6) is 0 Å². The highest BCUT2D eigenvalue weighted by atomic mass is 32.2. The van der Waals surface area contributed by atoms with Gasteiger partial charge >= 0.3 is 5.97 Å². The smallest absolute Gasteiger partial charge is 0.335 e. The highest BCUT2D eigenvalue weighted by molar-refractivity contribution is 7.99. The van der Waals surface area contributed by atoms with Gasteiger partial charge in [-0.3, -0.25) is 0 Å². The molecule has 1 atom stereocenters. The van der Waals surface area contributed by atoms with E-state index in [-0.39, 0.29) is 11.6 Å². The number of aromatic carboxylic acids is 1. The van der Waals surface area contributed by atoms with Crippen molar-refractivity contribution in [3.8, 4) is 0 Å². The summed E-state index contributed by atoms with van der Waals surface area (Å²) in [5.74, 6) is -0.763. The summed E-state index contributed by atoms with van der Waals surface area (Å²) in [6, 6.07) is 2.48. The second-order valence-electron chi connectivity index (χ2n) is 4.13. The molecule has 0 radical (unpaired) electrons. The van der Waals surface area contributed by atoms with Crippen molar-refractivity contribution >= 4 is 27.8 Å². The maximum absolute atomic E-state index is 13.6. The van der Waals surface area contributed by atoms with E-state index in [0.717, 1.165) is 24.0 Å². The molecule has 0 aliphatic carbocycles. The summed E-state index contributed by atoms with van der Waals surface area (Å²) < 4.78 is 40.0. The molecule has 0 bridgehead atoms. The molecule has 0 amide bonds. The molecule has 0 saturated carbocycles.